The van der Waals surface area contributed by atoms with Gasteiger partial charge in [0.05, 0.1) is 12.2 Å². The minimum atomic E-state index is -2.55. The zero-order chi connectivity index (χ0) is 16.7. The number of alkyl halides is 2. The summed E-state index contributed by atoms with van der Waals surface area (Å²) in [5.41, 5.74) is 0.194. The third kappa shape index (κ3) is 5.16. The minimum absolute atomic E-state index is 0.0968. The van der Waals surface area contributed by atoms with E-state index >= 15 is 0 Å². The minimum Gasteiger partial charge on any atom is -0.384 e. The maximum Gasteiger partial charge on any atom is 0.288 e. The summed E-state index contributed by atoms with van der Waals surface area (Å²) in [7, 11) is 1.65. The molecule has 1 aliphatic heterocycles. The first kappa shape index (κ1) is 18.2. The van der Waals surface area contributed by atoms with Gasteiger partial charge < -0.3 is 15.4 Å². The Morgan fingerprint density at radius 3 is 2.74 bits per heavy atom. The molecule has 0 aliphatic carbocycles. The number of halogens is 2. The molecule has 1 saturated heterocycles. The van der Waals surface area contributed by atoms with Crippen LogP contribution in [0.15, 0.2) is 29.2 Å². The Labute approximate surface area is 139 Å². The highest BCUT2D eigenvalue weighted by atomic mass is 32.2. The van der Waals surface area contributed by atoms with Crippen LogP contribution in [0.2, 0.25) is 0 Å². The summed E-state index contributed by atoms with van der Waals surface area (Å²) in [5.74, 6) is -2.86. The number of carbonyl (C=O) groups is 1. The Morgan fingerprint density at radius 1 is 1.39 bits per heavy atom. The van der Waals surface area contributed by atoms with Gasteiger partial charge in [0.25, 0.3) is 11.7 Å². The highest BCUT2D eigenvalue weighted by Gasteiger charge is 2.32. The van der Waals surface area contributed by atoms with Gasteiger partial charge in [-0.05, 0) is 38.1 Å². The van der Waals surface area contributed by atoms with Crippen LogP contribution >= 0.6 is 11.8 Å². The number of hydrogen-bond acceptors (Lipinski definition) is 4. The molecule has 23 heavy (non-hydrogen) atoms. The summed E-state index contributed by atoms with van der Waals surface area (Å²) in [6, 6.07) is 6.45. The number of ether oxygens (including phenoxy) is 1. The molecule has 1 fully saturated rings. The molecule has 0 atom stereocenters. The fourth-order valence-corrected chi connectivity index (χ4v) is 3.49. The molecule has 1 aliphatic rings. The molecule has 7 heteroatoms. The molecule has 0 aromatic heterocycles. The van der Waals surface area contributed by atoms with Crippen LogP contribution < -0.4 is 10.6 Å². The summed E-state index contributed by atoms with van der Waals surface area (Å²) in [4.78, 5) is 12.7. The molecule has 1 aromatic rings. The number of methoxy groups -OCH3 is 1. The summed E-state index contributed by atoms with van der Waals surface area (Å²) in [5, 5.41) is 6.20. The highest BCUT2D eigenvalue weighted by Crippen LogP contribution is 2.30. The van der Waals surface area contributed by atoms with Crippen molar-refractivity contribution in [2.24, 2.45) is 5.41 Å². The Balaban J connectivity index is 2.03. The van der Waals surface area contributed by atoms with Crippen LogP contribution in [-0.4, -0.2) is 45.0 Å². The number of hydrogen-bond donors (Lipinski definition) is 2. The number of nitrogens with one attached hydrogen (secondary N) is 2. The van der Waals surface area contributed by atoms with Crippen molar-refractivity contribution in [1.29, 1.82) is 0 Å². The quantitative estimate of drug-likeness (QED) is 0.747. The highest BCUT2D eigenvalue weighted by molar-refractivity contribution is 7.99. The molecule has 1 aromatic carbocycles. The third-order valence-electron chi connectivity index (χ3n) is 4.09. The molecule has 128 valence electrons. The molecule has 0 spiro atoms. The summed E-state index contributed by atoms with van der Waals surface area (Å²) < 4.78 is 30.5. The Hall–Kier alpha value is -1.18. The van der Waals surface area contributed by atoms with E-state index in [0.29, 0.717) is 35.4 Å². The van der Waals surface area contributed by atoms with Crippen molar-refractivity contribution in [2.75, 3.05) is 33.4 Å². The largest absolute Gasteiger partial charge is 0.384 e. The topological polar surface area (TPSA) is 50.4 Å². The van der Waals surface area contributed by atoms with Gasteiger partial charge in [0.1, 0.15) is 0 Å². The summed E-state index contributed by atoms with van der Waals surface area (Å²) >= 11 is 0.395. The van der Waals surface area contributed by atoms with E-state index in [1.54, 1.807) is 31.4 Å². The zero-order valence-electron chi connectivity index (χ0n) is 13.1. The van der Waals surface area contributed by atoms with Crippen molar-refractivity contribution < 1.29 is 18.3 Å². The smallest absolute Gasteiger partial charge is 0.288 e. The fourth-order valence-electron chi connectivity index (χ4n) is 2.85. The van der Waals surface area contributed by atoms with Crippen LogP contribution in [0.3, 0.4) is 0 Å². The van der Waals surface area contributed by atoms with Crippen molar-refractivity contribution in [3.8, 4) is 0 Å². The van der Waals surface area contributed by atoms with E-state index in [2.05, 4.69) is 10.6 Å². The van der Waals surface area contributed by atoms with E-state index in [1.165, 1.54) is 0 Å². The maximum absolute atomic E-state index is 12.6. The van der Waals surface area contributed by atoms with E-state index in [-0.39, 0.29) is 11.3 Å². The van der Waals surface area contributed by atoms with Crippen LogP contribution in [0.4, 0.5) is 8.78 Å². The second kappa shape index (κ2) is 8.61. The molecule has 1 amide bonds. The summed E-state index contributed by atoms with van der Waals surface area (Å²) in [6.07, 6.45) is 1.82. The number of thioether (sulfide) groups is 1. The lowest BCUT2D eigenvalue weighted by molar-refractivity contribution is 0.0511. The van der Waals surface area contributed by atoms with Crippen molar-refractivity contribution in [2.45, 2.75) is 23.5 Å². The predicted molar refractivity (Wildman–Crippen MR) is 87.0 cm³/mol. The second-order valence-corrected chi connectivity index (χ2v) is 6.77. The average Bonchev–Trinajstić information content (AvgIpc) is 2.54. The number of piperidine rings is 1. The Morgan fingerprint density at radius 2 is 2.09 bits per heavy atom. The Bertz CT molecular complexity index is 517. The van der Waals surface area contributed by atoms with Gasteiger partial charge in [0, 0.05) is 24.0 Å². The summed E-state index contributed by atoms with van der Waals surface area (Å²) in [6.45, 7) is 2.82. The molecule has 0 bridgehead atoms. The lowest BCUT2D eigenvalue weighted by Crippen LogP contribution is -2.47. The van der Waals surface area contributed by atoms with Gasteiger partial charge in [-0.2, -0.15) is 8.78 Å². The SMILES string of the molecule is COCC1(CNC(=O)c2ccccc2SC(F)F)CCNCC1. The van der Waals surface area contributed by atoms with E-state index in [0.717, 1.165) is 25.9 Å². The van der Waals surface area contributed by atoms with E-state index in [4.69, 9.17) is 4.74 Å². The van der Waals surface area contributed by atoms with E-state index in [1.807, 2.05) is 0 Å². The van der Waals surface area contributed by atoms with Crippen molar-refractivity contribution in [3.63, 3.8) is 0 Å². The third-order valence-corrected chi connectivity index (χ3v) is 4.87. The standard InChI is InChI=1S/C16H22F2N2O2S/c1-22-11-16(6-8-19-9-7-16)10-20-14(21)12-4-2-3-5-13(12)23-15(17)18/h2-5,15,19H,6-11H2,1H3,(H,20,21). The molecule has 0 saturated carbocycles. The van der Waals surface area contributed by atoms with Gasteiger partial charge in [0.15, 0.2) is 0 Å². The van der Waals surface area contributed by atoms with Crippen molar-refractivity contribution >= 4 is 17.7 Å². The molecule has 0 radical (unpaired) electrons. The number of amides is 1. The van der Waals surface area contributed by atoms with Gasteiger partial charge in [-0.15, -0.1) is 0 Å². The van der Waals surface area contributed by atoms with Crippen LogP contribution in [-0.2, 0) is 4.74 Å². The van der Waals surface area contributed by atoms with Gasteiger partial charge in [-0.25, -0.2) is 0 Å². The molecule has 2 rings (SSSR count). The van der Waals surface area contributed by atoms with Gasteiger partial charge in [0.2, 0.25) is 0 Å². The first-order valence-corrected chi connectivity index (χ1v) is 8.46. The maximum atomic E-state index is 12.6. The van der Waals surface area contributed by atoms with Crippen LogP contribution in [0, 0.1) is 5.41 Å². The first-order chi connectivity index (χ1) is 11.1. The molecule has 4 nitrogen and oxygen atoms in total. The molecular weight excluding hydrogens is 322 g/mol. The average molecular weight is 344 g/mol. The fraction of sp³-hybridized carbons (Fsp3) is 0.562. The number of benzene rings is 1. The monoisotopic (exact) mass is 344 g/mol. The second-order valence-electron chi connectivity index (χ2n) is 5.74. The van der Waals surface area contributed by atoms with E-state index in [9.17, 15) is 13.6 Å². The number of carbonyl (C=O) groups excluding carboxylic acids is 1. The van der Waals surface area contributed by atoms with E-state index < -0.39 is 5.76 Å². The van der Waals surface area contributed by atoms with Gasteiger partial charge in [-0.1, -0.05) is 23.9 Å². The lowest BCUT2D eigenvalue weighted by Gasteiger charge is -2.37. The molecule has 1 heterocycles. The van der Waals surface area contributed by atoms with Crippen LogP contribution in [0.5, 0.6) is 0 Å². The van der Waals surface area contributed by atoms with Crippen molar-refractivity contribution in [3.05, 3.63) is 29.8 Å². The van der Waals surface area contributed by atoms with Gasteiger partial charge in [-0.3, -0.25) is 4.79 Å². The van der Waals surface area contributed by atoms with Crippen LogP contribution in [0.1, 0.15) is 23.2 Å². The zero-order valence-corrected chi connectivity index (χ0v) is 13.9. The Kier molecular flexibility index (Phi) is 6.80. The van der Waals surface area contributed by atoms with Crippen molar-refractivity contribution in [1.82, 2.24) is 10.6 Å². The van der Waals surface area contributed by atoms with Gasteiger partial charge >= 0.3 is 0 Å². The lowest BCUT2D eigenvalue weighted by atomic mass is 9.79. The molecule has 2 N–H and O–H groups in total. The predicted octanol–water partition coefficient (Wildman–Crippen LogP) is 2.75. The molecule has 0 unspecified atom stereocenters. The molecular formula is C16H22F2N2O2S. The van der Waals surface area contributed by atoms with Crippen LogP contribution in [0.25, 0.3) is 0 Å². The number of rotatable bonds is 7. The first-order valence-electron chi connectivity index (χ1n) is 7.58. The normalized spacial score (nSPS) is 17.2.